The van der Waals surface area contributed by atoms with Crippen LogP contribution in [0.5, 0.6) is 0 Å². The molecule has 8 heteroatoms. The standard InChI is InChI=1S/C12H16N2O5S/c15-12(16)9-20(17,18)13-10-3-1-2-4-11(10)14-5-7-19-8-6-14/h1-4,13H,5-9H2,(H,15,16). The molecule has 1 aromatic rings. The summed E-state index contributed by atoms with van der Waals surface area (Å²) < 4.78 is 31.0. The van der Waals surface area contributed by atoms with E-state index in [1.165, 1.54) is 0 Å². The van der Waals surface area contributed by atoms with Crippen LogP contribution in [0.2, 0.25) is 0 Å². The van der Waals surface area contributed by atoms with E-state index in [-0.39, 0.29) is 0 Å². The van der Waals surface area contributed by atoms with Crippen molar-refractivity contribution < 1.29 is 23.1 Å². The Labute approximate surface area is 117 Å². The van der Waals surface area contributed by atoms with Gasteiger partial charge in [0.05, 0.1) is 24.6 Å². The zero-order valence-electron chi connectivity index (χ0n) is 10.8. The molecule has 0 aromatic heterocycles. The van der Waals surface area contributed by atoms with E-state index in [4.69, 9.17) is 9.84 Å². The number of carboxylic acids is 1. The second kappa shape index (κ2) is 6.10. The summed E-state index contributed by atoms with van der Waals surface area (Å²) in [5.41, 5.74) is 1.11. The second-order valence-electron chi connectivity index (χ2n) is 4.37. The molecule has 110 valence electrons. The Morgan fingerprint density at radius 3 is 2.60 bits per heavy atom. The van der Waals surface area contributed by atoms with Crippen molar-refractivity contribution in [2.45, 2.75) is 0 Å². The molecule has 1 saturated heterocycles. The first kappa shape index (κ1) is 14.6. The van der Waals surface area contributed by atoms with E-state index >= 15 is 0 Å². The molecule has 2 rings (SSSR count). The number of carboxylic acid groups (broad SMARTS) is 1. The first-order valence-electron chi connectivity index (χ1n) is 6.12. The third-order valence-electron chi connectivity index (χ3n) is 2.83. The number of ether oxygens (including phenoxy) is 1. The number of para-hydroxylation sites is 2. The van der Waals surface area contributed by atoms with Gasteiger partial charge in [0.25, 0.3) is 0 Å². The highest BCUT2D eigenvalue weighted by Gasteiger charge is 2.20. The van der Waals surface area contributed by atoms with Crippen molar-refractivity contribution in [2.24, 2.45) is 0 Å². The highest BCUT2D eigenvalue weighted by atomic mass is 32.2. The zero-order chi connectivity index (χ0) is 14.6. The molecule has 1 heterocycles. The van der Waals surface area contributed by atoms with E-state index in [1.54, 1.807) is 24.3 Å². The van der Waals surface area contributed by atoms with Gasteiger partial charge in [-0.25, -0.2) is 8.42 Å². The summed E-state index contributed by atoms with van der Waals surface area (Å²) in [6, 6.07) is 6.91. The van der Waals surface area contributed by atoms with Crippen LogP contribution in [-0.2, 0) is 19.6 Å². The highest BCUT2D eigenvalue weighted by molar-refractivity contribution is 7.93. The van der Waals surface area contributed by atoms with Crippen LogP contribution in [0.4, 0.5) is 11.4 Å². The van der Waals surface area contributed by atoms with Crippen molar-refractivity contribution in [1.82, 2.24) is 0 Å². The summed E-state index contributed by atoms with van der Waals surface area (Å²) in [5.74, 6) is -2.34. The molecule has 0 bridgehead atoms. The summed E-state index contributed by atoms with van der Waals surface area (Å²) >= 11 is 0. The number of nitrogens with zero attached hydrogens (tertiary/aromatic N) is 1. The van der Waals surface area contributed by atoms with E-state index in [0.717, 1.165) is 5.69 Å². The molecule has 0 spiro atoms. The summed E-state index contributed by atoms with van der Waals surface area (Å²) in [7, 11) is -3.90. The van der Waals surface area contributed by atoms with Crippen molar-refractivity contribution in [3.8, 4) is 0 Å². The molecule has 0 aliphatic carbocycles. The molecular weight excluding hydrogens is 284 g/mol. The molecule has 20 heavy (non-hydrogen) atoms. The molecular formula is C12H16N2O5S. The molecule has 1 aromatic carbocycles. The van der Waals surface area contributed by atoms with Gasteiger partial charge in [-0.05, 0) is 12.1 Å². The number of benzene rings is 1. The highest BCUT2D eigenvalue weighted by Crippen LogP contribution is 2.27. The van der Waals surface area contributed by atoms with Crippen LogP contribution in [-0.4, -0.2) is 51.5 Å². The van der Waals surface area contributed by atoms with Crippen molar-refractivity contribution in [3.63, 3.8) is 0 Å². The van der Waals surface area contributed by atoms with E-state index in [1.807, 2.05) is 4.90 Å². The maximum absolute atomic E-state index is 11.7. The van der Waals surface area contributed by atoms with Gasteiger partial charge < -0.3 is 14.7 Å². The number of rotatable bonds is 5. The average molecular weight is 300 g/mol. The van der Waals surface area contributed by atoms with E-state index in [2.05, 4.69) is 4.72 Å². The second-order valence-corrected chi connectivity index (χ2v) is 6.09. The van der Waals surface area contributed by atoms with Crippen molar-refractivity contribution in [2.75, 3.05) is 41.7 Å². The van der Waals surface area contributed by atoms with Gasteiger partial charge in [-0.15, -0.1) is 0 Å². The third kappa shape index (κ3) is 3.84. The molecule has 0 radical (unpaired) electrons. The van der Waals surface area contributed by atoms with Crippen LogP contribution in [0.25, 0.3) is 0 Å². The number of aliphatic carboxylic acids is 1. The maximum Gasteiger partial charge on any atom is 0.320 e. The van der Waals surface area contributed by atoms with Crippen LogP contribution in [0.3, 0.4) is 0 Å². The number of sulfonamides is 1. The van der Waals surface area contributed by atoms with E-state index in [0.29, 0.717) is 32.0 Å². The van der Waals surface area contributed by atoms with Crippen LogP contribution < -0.4 is 9.62 Å². The lowest BCUT2D eigenvalue weighted by atomic mass is 10.2. The fourth-order valence-corrected chi connectivity index (χ4v) is 2.91. The molecule has 1 aliphatic rings. The monoisotopic (exact) mass is 300 g/mol. The van der Waals surface area contributed by atoms with Crippen molar-refractivity contribution in [3.05, 3.63) is 24.3 Å². The van der Waals surface area contributed by atoms with Gasteiger partial charge in [-0.2, -0.15) is 0 Å². The van der Waals surface area contributed by atoms with Crippen molar-refractivity contribution in [1.29, 1.82) is 0 Å². The Bertz CT molecular complexity index is 581. The van der Waals surface area contributed by atoms with Crippen LogP contribution >= 0.6 is 0 Å². The zero-order valence-corrected chi connectivity index (χ0v) is 11.6. The summed E-state index contributed by atoms with van der Waals surface area (Å²) in [4.78, 5) is 12.5. The largest absolute Gasteiger partial charge is 0.480 e. The summed E-state index contributed by atoms with van der Waals surface area (Å²) in [6.45, 7) is 2.49. The Morgan fingerprint density at radius 2 is 1.95 bits per heavy atom. The van der Waals surface area contributed by atoms with E-state index in [9.17, 15) is 13.2 Å². The van der Waals surface area contributed by atoms with Crippen LogP contribution in [0.15, 0.2) is 24.3 Å². The first-order chi connectivity index (χ1) is 9.48. The number of hydrogen-bond donors (Lipinski definition) is 2. The fraction of sp³-hybridized carbons (Fsp3) is 0.417. The molecule has 0 saturated carbocycles. The maximum atomic E-state index is 11.7. The van der Waals surface area contributed by atoms with Gasteiger partial charge in [0.15, 0.2) is 5.75 Å². The predicted octanol–water partition coefficient (Wildman–Crippen LogP) is 0.349. The van der Waals surface area contributed by atoms with Crippen LogP contribution in [0, 0.1) is 0 Å². The van der Waals surface area contributed by atoms with Crippen molar-refractivity contribution >= 4 is 27.4 Å². The van der Waals surface area contributed by atoms with Gasteiger partial charge in [0, 0.05) is 13.1 Å². The molecule has 0 unspecified atom stereocenters. The van der Waals surface area contributed by atoms with Gasteiger partial charge in [-0.3, -0.25) is 9.52 Å². The molecule has 2 N–H and O–H groups in total. The molecule has 0 amide bonds. The molecule has 1 aliphatic heterocycles. The Balaban J connectivity index is 2.21. The minimum atomic E-state index is -3.90. The third-order valence-corrected chi connectivity index (χ3v) is 3.99. The average Bonchev–Trinajstić information content (AvgIpc) is 2.38. The minimum absolute atomic E-state index is 0.385. The van der Waals surface area contributed by atoms with Gasteiger partial charge >= 0.3 is 5.97 Å². The fourth-order valence-electron chi connectivity index (χ4n) is 2.01. The number of nitrogens with one attached hydrogen (secondary N) is 1. The van der Waals surface area contributed by atoms with Gasteiger partial charge in [0.1, 0.15) is 0 Å². The smallest absolute Gasteiger partial charge is 0.320 e. The Kier molecular flexibility index (Phi) is 4.46. The Hall–Kier alpha value is -1.80. The molecule has 7 nitrogen and oxygen atoms in total. The Morgan fingerprint density at radius 1 is 1.30 bits per heavy atom. The van der Waals surface area contributed by atoms with Gasteiger partial charge in [0.2, 0.25) is 10.0 Å². The SMILES string of the molecule is O=C(O)CS(=O)(=O)Nc1ccccc1N1CCOCC1. The number of carbonyl (C=O) groups is 1. The number of morpholine rings is 1. The molecule has 0 atom stereocenters. The predicted molar refractivity (Wildman–Crippen MR) is 74.5 cm³/mol. The van der Waals surface area contributed by atoms with Crippen LogP contribution in [0.1, 0.15) is 0 Å². The summed E-state index contributed by atoms with van der Waals surface area (Å²) in [6.07, 6.45) is 0. The lowest BCUT2D eigenvalue weighted by Gasteiger charge is -2.30. The quantitative estimate of drug-likeness (QED) is 0.814. The number of hydrogen-bond acceptors (Lipinski definition) is 5. The minimum Gasteiger partial charge on any atom is -0.480 e. The lowest BCUT2D eigenvalue weighted by Crippen LogP contribution is -2.37. The first-order valence-corrected chi connectivity index (χ1v) is 7.77. The lowest BCUT2D eigenvalue weighted by molar-refractivity contribution is -0.134. The normalized spacial score (nSPS) is 15.9. The molecule has 1 fully saturated rings. The topological polar surface area (TPSA) is 95.9 Å². The number of anilines is 2. The van der Waals surface area contributed by atoms with E-state index < -0.39 is 21.7 Å². The van der Waals surface area contributed by atoms with Gasteiger partial charge in [-0.1, -0.05) is 12.1 Å². The summed E-state index contributed by atoms with van der Waals surface area (Å²) in [5, 5.41) is 8.60.